The molecule has 94 valence electrons. The molecule has 1 aromatic heterocycles. The van der Waals surface area contributed by atoms with E-state index in [1.807, 2.05) is 22.8 Å². The summed E-state index contributed by atoms with van der Waals surface area (Å²) in [6, 6.07) is 12.5. The van der Waals surface area contributed by atoms with Crippen molar-refractivity contribution < 1.29 is 4.39 Å². The van der Waals surface area contributed by atoms with Crippen LogP contribution in [0.4, 0.5) is 4.39 Å². The lowest BCUT2D eigenvalue weighted by Gasteiger charge is -2.24. The molecule has 0 bridgehead atoms. The number of halogens is 1. The van der Waals surface area contributed by atoms with Crippen molar-refractivity contribution in [3.8, 4) is 0 Å². The van der Waals surface area contributed by atoms with Gasteiger partial charge in [0.15, 0.2) is 0 Å². The zero-order valence-corrected chi connectivity index (χ0v) is 10.2. The highest BCUT2D eigenvalue weighted by Gasteiger charge is 2.25. The molecule has 2 heterocycles. The lowest BCUT2D eigenvalue weighted by atomic mass is 9.97. The average Bonchev–Trinajstić information content (AvgIpc) is 2.78. The molecule has 2 aromatic carbocycles. The minimum absolute atomic E-state index is 0.248. The van der Waals surface area contributed by atoms with E-state index in [4.69, 9.17) is 5.73 Å². The topological polar surface area (TPSA) is 43.8 Å². The Hall–Kier alpha value is -2.20. The van der Waals surface area contributed by atoms with Gasteiger partial charge in [-0.2, -0.15) is 0 Å². The molecule has 0 aliphatic carbocycles. The Morgan fingerprint density at radius 1 is 1.21 bits per heavy atom. The fourth-order valence-corrected chi connectivity index (χ4v) is 2.81. The van der Waals surface area contributed by atoms with Crippen LogP contribution in [0.5, 0.6) is 0 Å². The largest absolute Gasteiger partial charge is 0.322 e. The van der Waals surface area contributed by atoms with E-state index in [1.165, 1.54) is 17.7 Å². The first-order valence-corrected chi connectivity index (χ1v) is 6.23. The summed E-state index contributed by atoms with van der Waals surface area (Å²) in [5, 5.41) is 0. The molecule has 4 heteroatoms. The summed E-state index contributed by atoms with van der Waals surface area (Å²) in [5.74, 6) is 0.557. The van der Waals surface area contributed by atoms with E-state index >= 15 is 0 Å². The number of hydrogen-bond donors (Lipinski definition) is 1. The molecule has 1 atom stereocenters. The van der Waals surface area contributed by atoms with E-state index in [9.17, 15) is 4.39 Å². The molecular formula is C15H12FN3. The minimum Gasteiger partial charge on any atom is -0.322 e. The molecule has 19 heavy (non-hydrogen) atoms. The van der Waals surface area contributed by atoms with Gasteiger partial charge in [0.2, 0.25) is 0 Å². The van der Waals surface area contributed by atoms with Gasteiger partial charge in [-0.3, -0.25) is 0 Å². The molecule has 0 amide bonds. The van der Waals surface area contributed by atoms with Gasteiger partial charge in [0.05, 0.1) is 17.1 Å². The fourth-order valence-electron chi connectivity index (χ4n) is 2.81. The summed E-state index contributed by atoms with van der Waals surface area (Å²) in [4.78, 5) is 4.55. The van der Waals surface area contributed by atoms with Crippen LogP contribution in [0.3, 0.4) is 0 Å². The molecule has 3 nitrogen and oxygen atoms in total. The summed E-state index contributed by atoms with van der Waals surface area (Å²) >= 11 is 0. The molecule has 4 rings (SSSR count). The van der Waals surface area contributed by atoms with Crippen molar-refractivity contribution in [1.29, 1.82) is 0 Å². The number of nitrogens with two attached hydrogens (primary N) is 1. The minimum atomic E-state index is -0.250. The van der Waals surface area contributed by atoms with Gasteiger partial charge < -0.3 is 10.3 Å². The van der Waals surface area contributed by atoms with Crippen molar-refractivity contribution in [2.45, 2.75) is 12.6 Å². The Balaban J connectivity index is 2.01. The lowest BCUT2D eigenvalue weighted by Crippen LogP contribution is -2.24. The van der Waals surface area contributed by atoms with Crippen LogP contribution in [0.15, 0.2) is 42.5 Å². The van der Waals surface area contributed by atoms with Crippen molar-refractivity contribution in [2.75, 3.05) is 0 Å². The number of rotatable bonds is 0. The Morgan fingerprint density at radius 3 is 2.95 bits per heavy atom. The Labute approximate surface area is 109 Å². The first kappa shape index (κ1) is 10.7. The maximum atomic E-state index is 13.4. The van der Waals surface area contributed by atoms with E-state index in [2.05, 4.69) is 11.1 Å². The zero-order chi connectivity index (χ0) is 13.0. The molecular weight excluding hydrogens is 241 g/mol. The number of nitrogens with zero attached hydrogens (tertiary/aromatic N) is 2. The van der Waals surface area contributed by atoms with Gasteiger partial charge in [-0.25, -0.2) is 9.37 Å². The predicted molar refractivity (Wildman–Crippen MR) is 71.3 cm³/mol. The second-order valence-electron chi connectivity index (χ2n) is 4.87. The second-order valence-corrected chi connectivity index (χ2v) is 4.87. The molecule has 0 fully saturated rings. The third-order valence-corrected chi connectivity index (χ3v) is 3.74. The van der Waals surface area contributed by atoms with Gasteiger partial charge in [0.25, 0.3) is 0 Å². The normalized spacial score (nSPS) is 17.3. The van der Waals surface area contributed by atoms with Crippen molar-refractivity contribution >= 4 is 11.0 Å². The zero-order valence-electron chi connectivity index (χ0n) is 10.2. The van der Waals surface area contributed by atoms with E-state index in [0.29, 0.717) is 6.54 Å². The van der Waals surface area contributed by atoms with Crippen LogP contribution in [0.25, 0.3) is 11.0 Å². The second kappa shape index (κ2) is 3.65. The number of imidazole rings is 1. The highest BCUT2D eigenvalue weighted by Crippen LogP contribution is 2.32. The molecule has 0 unspecified atom stereocenters. The number of fused-ring (bicyclic) bond motifs is 4. The van der Waals surface area contributed by atoms with Gasteiger partial charge in [-0.05, 0) is 29.3 Å². The summed E-state index contributed by atoms with van der Waals surface area (Å²) < 4.78 is 15.4. The van der Waals surface area contributed by atoms with Gasteiger partial charge in [0.1, 0.15) is 11.6 Å². The summed E-state index contributed by atoms with van der Waals surface area (Å²) in [6.07, 6.45) is 0. The lowest BCUT2D eigenvalue weighted by molar-refractivity contribution is 0.623. The van der Waals surface area contributed by atoms with Crippen molar-refractivity contribution in [3.05, 3.63) is 65.2 Å². The van der Waals surface area contributed by atoms with Crippen LogP contribution in [0.2, 0.25) is 0 Å². The SMILES string of the molecule is N[C@H]1c2ccccc2Cn2c1nc1ccc(F)cc12. The van der Waals surface area contributed by atoms with Gasteiger partial charge in [-0.1, -0.05) is 24.3 Å². The Bertz CT molecular complexity index is 791. The third-order valence-electron chi connectivity index (χ3n) is 3.74. The standard InChI is InChI=1S/C15H12FN3/c16-10-5-6-12-13(7-10)19-8-9-3-1-2-4-11(9)14(17)15(19)18-12/h1-7,14H,8,17H2/t14-/m0/s1. The maximum absolute atomic E-state index is 13.4. The van der Waals surface area contributed by atoms with Crippen molar-refractivity contribution in [1.82, 2.24) is 9.55 Å². The molecule has 3 aromatic rings. The van der Waals surface area contributed by atoms with Gasteiger partial charge >= 0.3 is 0 Å². The third kappa shape index (κ3) is 1.43. The van der Waals surface area contributed by atoms with E-state index in [1.54, 1.807) is 6.07 Å². The summed E-state index contributed by atoms with van der Waals surface area (Å²) in [5.41, 5.74) is 10.2. The van der Waals surface area contributed by atoms with E-state index in [-0.39, 0.29) is 11.9 Å². The van der Waals surface area contributed by atoms with Crippen LogP contribution in [-0.2, 0) is 6.54 Å². The Kier molecular flexibility index (Phi) is 2.05. The molecule has 0 saturated heterocycles. The molecule has 0 radical (unpaired) electrons. The van der Waals surface area contributed by atoms with Gasteiger partial charge in [0, 0.05) is 6.54 Å². The molecule has 2 N–H and O–H groups in total. The molecule has 1 aliphatic heterocycles. The maximum Gasteiger partial charge on any atom is 0.131 e. The van der Waals surface area contributed by atoms with Crippen LogP contribution in [-0.4, -0.2) is 9.55 Å². The quantitative estimate of drug-likeness (QED) is 0.669. The predicted octanol–water partition coefficient (Wildman–Crippen LogP) is 2.59. The average molecular weight is 253 g/mol. The van der Waals surface area contributed by atoms with Crippen LogP contribution in [0, 0.1) is 5.82 Å². The Morgan fingerprint density at radius 2 is 2.05 bits per heavy atom. The summed E-state index contributed by atoms with van der Waals surface area (Å²) in [6.45, 7) is 0.694. The monoisotopic (exact) mass is 253 g/mol. The van der Waals surface area contributed by atoms with Crippen LogP contribution >= 0.6 is 0 Å². The van der Waals surface area contributed by atoms with Gasteiger partial charge in [-0.15, -0.1) is 0 Å². The number of aromatic nitrogens is 2. The molecule has 0 spiro atoms. The van der Waals surface area contributed by atoms with E-state index < -0.39 is 0 Å². The molecule has 1 aliphatic rings. The highest BCUT2D eigenvalue weighted by molar-refractivity contribution is 5.77. The summed E-state index contributed by atoms with van der Waals surface area (Å²) in [7, 11) is 0. The fraction of sp³-hybridized carbons (Fsp3) is 0.133. The van der Waals surface area contributed by atoms with Crippen molar-refractivity contribution in [2.24, 2.45) is 5.73 Å². The first-order chi connectivity index (χ1) is 9.24. The first-order valence-electron chi connectivity index (χ1n) is 6.23. The van der Waals surface area contributed by atoms with E-state index in [0.717, 1.165) is 22.4 Å². The van der Waals surface area contributed by atoms with Crippen molar-refractivity contribution in [3.63, 3.8) is 0 Å². The number of hydrogen-bond acceptors (Lipinski definition) is 2. The van der Waals surface area contributed by atoms with Crippen LogP contribution < -0.4 is 5.73 Å². The number of benzene rings is 2. The van der Waals surface area contributed by atoms with Crippen LogP contribution in [0.1, 0.15) is 23.0 Å². The highest BCUT2D eigenvalue weighted by atomic mass is 19.1. The smallest absolute Gasteiger partial charge is 0.131 e. The molecule has 0 saturated carbocycles.